The van der Waals surface area contributed by atoms with Gasteiger partial charge in [-0.25, -0.2) is 0 Å². The van der Waals surface area contributed by atoms with Gasteiger partial charge in [0.05, 0.1) is 6.54 Å². The quantitative estimate of drug-likeness (QED) is 0.478. The number of nitrogens with one attached hydrogen (secondary N) is 1. The van der Waals surface area contributed by atoms with E-state index in [0.717, 1.165) is 16.8 Å². The predicted octanol–water partition coefficient (Wildman–Crippen LogP) is 3.25. The predicted molar refractivity (Wildman–Crippen MR) is 116 cm³/mol. The molecule has 28 heavy (non-hydrogen) atoms. The summed E-state index contributed by atoms with van der Waals surface area (Å²) in [5.41, 5.74) is 9.71. The van der Waals surface area contributed by atoms with E-state index in [2.05, 4.69) is 11.8 Å². The summed E-state index contributed by atoms with van der Waals surface area (Å²) in [6, 6.07) is 13.4. The van der Waals surface area contributed by atoms with Crippen molar-refractivity contribution in [2.24, 2.45) is 5.73 Å². The van der Waals surface area contributed by atoms with E-state index in [1.54, 1.807) is 4.90 Å². The van der Waals surface area contributed by atoms with Crippen LogP contribution in [0.4, 0.5) is 5.69 Å². The zero-order valence-corrected chi connectivity index (χ0v) is 17.2. The molecular formula is C23H28N4O. The molecule has 5 heteroatoms. The maximum Gasteiger partial charge on any atom is 0.254 e. The third-order valence-corrected chi connectivity index (χ3v) is 4.70. The number of hydrogen-bond acceptors (Lipinski definition) is 3. The molecule has 0 saturated carbocycles. The van der Waals surface area contributed by atoms with Gasteiger partial charge in [-0.2, -0.15) is 0 Å². The Morgan fingerprint density at radius 2 is 1.89 bits per heavy atom. The second-order valence-corrected chi connectivity index (χ2v) is 7.16. The monoisotopic (exact) mass is 376 g/mol. The number of nitrogens with zero attached hydrogens (tertiary/aromatic N) is 2. The number of benzene rings is 2. The largest absolute Gasteiger partial charge is 0.384 e. The first-order valence-corrected chi connectivity index (χ1v) is 9.23. The third kappa shape index (κ3) is 5.14. The van der Waals surface area contributed by atoms with Crippen molar-refractivity contribution in [2.45, 2.75) is 26.8 Å². The second kappa shape index (κ2) is 9.09. The highest BCUT2D eigenvalue weighted by atomic mass is 16.2. The molecule has 2 aromatic rings. The molecule has 0 spiro atoms. The molecule has 0 aromatic heterocycles. The summed E-state index contributed by atoms with van der Waals surface area (Å²) in [5, 5.41) is 7.55. The molecule has 0 saturated heterocycles. The molecule has 0 aliphatic carbocycles. The first-order valence-electron chi connectivity index (χ1n) is 9.23. The van der Waals surface area contributed by atoms with Crippen LogP contribution < -0.4 is 10.6 Å². The van der Waals surface area contributed by atoms with E-state index in [0.29, 0.717) is 17.7 Å². The number of hydrogen-bond donors (Lipinski definition) is 2. The molecule has 0 atom stereocenters. The first kappa shape index (κ1) is 21.0. The van der Waals surface area contributed by atoms with Gasteiger partial charge in [0.25, 0.3) is 5.91 Å². The lowest BCUT2D eigenvalue weighted by molar-refractivity contribution is 0.0754. The van der Waals surface area contributed by atoms with E-state index in [1.165, 1.54) is 0 Å². The van der Waals surface area contributed by atoms with Gasteiger partial charge in [0.2, 0.25) is 0 Å². The molecule has 0 aliphatic rings. The highest BCUT2D eigenvalue weighted by Gasteiger charge is 2.16. The van der Waals surface area contributed by atoms with Gasteiger partial charge in [0, 0.05) is 42.5 Å². The Morgan fingerprint density at radius 1 is 1.18 bits per heavy atom. The van der Waals surface area contributed by atoms with Crippen molar-refractivity contribution >= 4 is 17.4 Å². The molecule has 5 nitrogen and oxygen atoms in total. The van der Waals surface area contributed by atoms with Crippen LogP contribution in [0.15, 0.2) is 42.5 Å². The summed E-state index contributed by atoms with van der Waals surface area (Å²) in [6.07, 6.45) is 0. The van der Waals surface area contributed by atoms with Crippen molar-refractivity contribution in [3.8, 4) is 11.8 Å². The van der Waals surface area contributed by atoms with Crippen LogP contribution in [0.1, 0.15) is 40.9 Å². The van der Waals surface area contributed by atoms with E-state index >= 15 is 0 Å². The minimum Gasteiger partial charge on any atom is -0.384 e. The van der Waals surface area contributed by atoms with Crippen LogP contribution in [-0.2, 0) is 0 Å². The van der Waals surface area contributed by atoms with Crippen molar-refractivity contribution in [3.63, 3.8) is 0 Å². The Balaban J connectivity index is 2.10. The number of nitrogen functional groups attached to an aromatic ring is 1. The van der Waals surface area contributed by atoms with Gasteiger partial charge in [0.15, 0.2) is 0 Å². The fourth-order valence-corrected chi connectivity index (χ4v) is 2.67. The topological polar surface area (TPSA) is 73.4 Å². The number of rotatable bonds is 5. The van der Waals surface area contributed by atoms with Crippen LogP contribution in [0.2, 0.25) is 0 Å². The maximum absolute atomic E-state index is 12.5. The van der Waals surface area contributed by atoms with Crippen molar-refractivity contribution in [1.29, 1.82) is 5.41 Å². The summed E-state index contributed by atoms with van der Waals surface area (Å²) in [5.74, 6) is 6.39. The minimum absolute atomic E-state index is 0.0251. The van der Waals surface area contributed by atoms with Crippen LogP contribution in [0, 0.1) is 24.2 Å². The lowest BCUT2D eigenvalue weighted by atomic mass is 10.0. The van der Waals surface area contributed by atoms with Crippen molar-refractivity contribution in [2.75, 3.05) is 25.5 Å². The molecule has 0 bridgehead atoms. The van der Waals surface area contributed by atoms with Crippen LogP contribution in [0.25, 0.3) is 0 Å². The number of nitrogens with two attached hydrogens (primary N) is 1. The smallest absolute Gasteiger partial charge is 0.254 e. The fourth-order valence-electron chi connectivity index (χ4n) is 2.67. The van der Waals surface area contributed by atoms with E-state index in [-0.39, 0.29) is 17.8 Å². The molecule has 0 heterocycles. The molecule has 0 radical (unpaired) electrons. The molecule has 146 valence electrons. The number of amidine groups is 1. The van der Waals surface area contributed by atoms with Gasteiger partial charge in [0.1, 0.15) is 5.84 Å². The van der Waals surface area contributed by atoms with Crippen molar-refractivity contribution in [1.82, 2.24) is 4.90 Å². The molecular weight excluding hydrogens is 348 g/mol. The Morgan fingerprint density at radius 3 is 2.50 bits per heavy atom. The fraction of sp³-hybridized carbons (Fsp3) is 0.304. The normalized spacial score (nSPS) is 10.2. The lowest BCUT2D eigenvalue weighted by Gasteiger charge is -2.22. The van der Waals surface area contributed by atoms with Crippen LogP contribution in [0.3, 0.4) is 0 Å². The standard InChI is InChI=1S/C23H28N4O/c1-16(2)27(5)23(28)21-12-11-18(14-17(21)3)8-7-13-26(4)20-10-6-9-19(15-20)22(24)25/h6,9-12,14-16H,13H2,1-5H3,(H3,24,25). The average Bonchev–Trinajstić information content (AvgIpc) is 2.66. The zero-order valence-electron chi connectivity index (χ0n) is 17.2. The van der Waals surface area contributed by atoms with E-state index in [1.807, 2.05) is 82.2 Å². The van der Waals surface area contributed by atoms with Gasteiger partial charge in [-0.15, -0.1) is 0 Å². The summed E-state index contributed by atoms with van der Waals surface area (Å²) in [6.45, 7) is 6.47. The summed E-state index contributed by atoms with van der Waals surface area (Å²) in [4.78, 5) is 16.2. The first-order chi connectivity index (χ1) is 13.2. The van der Waals surface area contributed by atoms with E-state index in [9.17, 15) is 4.79 Å². The summed E-state index contributed by atoms with van der Waals surface area (Å²) < 4.78 is 0. The molecule has 0 unspecified atom stereocenters. The SMILES string of the molecule is Cc1cc(C#CCN(C)c2cccc(C(=N)N)c2)ccc1C(=O)N(C)C(C)C. The summed E-state index contributed by atoms with van der Waals surface area (Å²) in [7, 11) is 3.76. The van der Waals surface area contributed by atoms with Crippen LogP contribution in [-0.4, -0.2) is 43.3 Å². The highest BCUT2D eigenvalue weighted by molar-refractivity contribution is 5.96. The average molecular weight is 377 g/mol. The molecule has 2 rings (SSSR count). The lowest BCUT2D eigenvalue weighted by Crippen LogP contribution is -2.33. The van der Waals surface area contributed by atoms with E-state index < -0.39 is 0 Å². The minimum atomic E-state index is 0.0251. The molecule has 0 aliphatic heterocycles. The Hall–Kier alpha value is -3.26. The molecule has 0 fully saturated rings. The molecule has 2 aromatic carbocycles. The van der Waals surface area contributed by atoms with Crippen molar-refractivity contribution in [3.05, 3.63) is 64.7 Å². The maximum atomic E-state index is 12.5. The van der Waals surface area contributed by atoms with Crippen LogP contribution in [0.5, 0.6) is 0 Å². The Bertz CT molecular complexity index is 937. The van der Waals surface area contributed by atoms with Gasteiger partial charge in [-0.05, 0) is 56.7 Å². The number of carbonyl (C=O) groups excluding carboxylic acids is 1. The third-order valence-electron chi connectivity index (χ3n) is 4.70. The molecule has 3 N–H and O–H groups in total. The Kier molecular flexibility index (Phi) is 6.84. The number of amides is 1. The highest BCUT2D eigenvalue weighted by Crippen LogP contribution is 2.15. The number of aryl methyl sites for hydroxylation is 1. The van der Waals surface area contributed by atoms with E-state index in [4.69, 9.17) is 11.1 Å². The van der Waals surface area contributed by atoms with Gasteiger partial charge in [-0.3, -0.25) is 10.2 Å². The summed E-state index contributed by atoms with van der Waals surface area (Å²) >= 11 is 0. The molecule has 1 amide bonds. The number of anilines is 1. The van der Waals surface area contributed by atoms with Crippen LogP contribution >= 0.6 is 0 Å². The van der Waals surface area contributed by atoms with Gasteiger partial charge >= 0.3 is 0 Å². The van der Waals surface area contributed by atoms with Crippen molar-refractivity contribution < 1.29 is 4.79 Å². The number of carbonyl (C=O) groups is 1. The Labute approximate surface area is 167 Å². The van der Waals surface area contributed by atoms with Gasteiger partial charge in [-0.1, -0.05) is 24.0 Å². The second-order valence-electron chi connectivity index (χ2n) is 7.16. The van der Waals surface area contributed by atoms with Gasteiger partial charge < -0.3 is 15.5 Å². The zero-order chi connectivity index (χ0) is 20.8.